The summed E-state index contributed by atoms with van der Waals surface area (Å²) in [6.07, 6.45) is 8.74. The van der Waals surface area contributed by atoms with Crippen LogP contribution in [0, 0.1) is 6.07 Å². The summed E-state index contributed by atoms with van der Waals surface area (Å²) in [6, 6.07) is 20.8. The number of nitrogens with one attached hydrogen (secondary N) is 1. The van der Waals surface area contributed by atoms with Crippen LogP contribution < -0.4 is 5.43 Å². The van der Waals surface area contributed by atoms with Gasteiger partial charge in [-0.2, -0.15) is 0 Å². The van der Waals surface area contributed by atoms with Crippen molar-refractivity contribution in [2.24, 2.45) is 5.10 Å². The van der Waals surface area contributed by atoms with Gasteiger partial charge in [-0.3, -0.25) is 5.43 Å². The fourth-order valence-electron chi connectivity index (χ4n) is 2.84. The zero-order chi connectivity index (χ0) is 24.6. The van der Waals surface area contributed by atoms with E-state index in [9.17, 15) is 0 Å². The van der Waals surface area contributed by atoms with Crippen LogP contribution in [0.5, 0.6) is 0 Å². The number of rotatable bonds is 9. The topological polar surface area (TPSA) is 24.4 Å². The maximum atomic E-state index is 4.49. The fourth-order valence-corrected chi connectivity index (χ4v) is 5.84. The molecule has 0 aliphatic rings. The third-order valence-corrected chi connectivity index (χ3v) is 11.2. The predicted octanol–water partition coefficient (Wildman–Crippen LogP) is 8.53. The molecule has 1 N–H and O–H groups in total. The molecule has 0 atom stereocenters. The summed E-state index contributed by atoms with van der Waals surface area (Å²) in [5.74, 6) is 0. The quantitative estimate of drug-likeness (QED) is 0.102. The van der Waals surface area contributed by atoms with Gasteiger partial charge >= 0.3 is 27.7 Å². The van der Waals surface area contributed by atoms with Crippen molar-refractivity contribution in [1.29, 1.82) is 0 Å². The minimum absolute atomic E-state index is 0.137. The van der Waals surface area contributed by atoms with Crippen LogP contribution in [0.3, 0.4) is 0 Å². The van der Waals surface area contributed by atoms with Crippen molar-refractivity contribution in [3.8, 4) is 0 Å². The fraction of sp³-hybridized carbons (Fsp3) is 0.500. The molecule has 0 spiro atoms. The first-order valence-electron chi connectivity index (χ1n) is 11.7. The molecular formula is C26H45ClN2P2Pd+2. The van der Waals surface area contributed by atoms with Gasteiger partial charge in [-0.25, -0.2) is 5.10 Å². The number of anilines is 1. The van der Waals surface area contributed by atoms with Gasteiger partial charge in [-0.05, 0) is 75.2 Å². The zero-order valence-corrected chi connectivity index (χ0v) is 25.4. The van der Waals surface area contributed by atoms with Crippen molar-refractivity contribution in [2.45, 2.75) is 48.5 Å². The molecule has 0 radical (unpaired) electrons. The number of benzene rings is 2. The van der Waals surface area contributed by atoms with E-state index in [1.165, 1.54) is 37.0 Å². The van der Waals surface area contributed by atoms with Crippen molar-refractivity contribution in [3.05, 3.63) is 66.2 Å². The van der Waals surface area contributed by atoms with Crippen molar-refractivity contribution >= 4 is 36.8 Å². The van der Waals surface area contributed by atoms with Crippen LogP contribution in [0.4, 0.5) is 5.69 Å². The molecule has 0 aliphatic carbocycles. The average molecular weight is 589 g/mol. The van der Waals surface area contributed by atoms with E-state index in [-0.39, 0.29) is 15.8 Å². The van der Waals surface area contributed by atoms with Crippen LogP contribution in [0.2, 0.25) is 0 Å². The Bertz CT molecular complexity index is 626. The van der Waals surface area contributed by atoms with Gasteiger partial charge in [0.15, 0.2) is 0 Å². The van der Waals surface area contributed by atoms with Crippen LogP contribution in [-0.4, -0.2) is 42.7 Å². The van der Waals surface area contributed by atoms with E-state index < -0.39 is 0 Å². The predicted molar refractivity (Wildman–Crippen MR) is 153 cm³/mol. The van der Waals surface area contributed by atoms with Crippen LogP contribution in [0.15, 0.2) is 59.7 Å². The second-order valence-corrected chi connectivity index (χ2v) is 14.3. The number of halogens is 1. The van der Waals surface area contributed by atoms with Gasteiger partial charge < -0.3 is 0 Å². The third-order valence-electron chi connectivity index (χ3n) is 5.23. The monoisotopic (exact) mass is 588 g/mol. The van der Waals surface area contributed by atoms with Gasteiger partial charge in [-0.15, -0.1) is 35.9 Å². The average Bonchev–Trinajstić information content (AvgIpc) is 2.88. The van der Waals surface area contributed by atoms with Crippen molar-refractivity contribution in [1.82, 2.24) is 0 Å². The Morgan fingerprint density at radius 3 is 1.56 bits per heavy atom. The summed E-state index contributed by atoms with van der Waals surface area (Å²) in [5, 5.41) is 4.30. The van der Waals surface area contributed by atoms with Crippen LogP contribution >= 0.6 is 25.4 Å². The van der Waals surface area contributed by atoms with Crippen molar-refractivity contribution < 1.29 is 18.2 Å². The van der Waals surface area contributed by atoms with E-state index in [4.69, 9.17) is 0 Å². The molecule has 32 heavy (non-hydrogen) atoms. The van der Waals surface area contributed by atoms with Crippen LogP contribution in [0.1, 0.15) is 54.0 Å². The molecule has 0 amide bonds. The summed E-state index contributed by atoms with van der Waals surface area (Å²) >= 11 is 2.22. The van der Waals surface area contributed by atoms with Gasteiger partial charge in [-0.1, -0.05) is 25.1 Å². The SMILES string of the molecule is CC(=NNc1ccccc1)c1[c-]cccc1.CC[PH+](CC)CC.CC[PH+](CC)CC.[Cl][Pd+]. The number of para-hydroxylation sites is 1. The molecule has 0 saturated carbocycles. The third kappa shape index (κ3) is 18.2. The molecule has 0 aromatic heterocycles. The molecular weight excluding hydrogens is 544 g/mol. The summed E-state index contributed by atoms with van der Waals surface area (Å²) < 4.78 is 0. The first-order chi connectivity index (χ1) is 15.6. The Kier molecular flexibility index (Phi) is 26.8. The molecule has 0 fully saturated rings. The Labute approximate surface area is 216 Å². The number of hydrogen-bond donors (Lipinski definition) is 1. The number of hydrazone groups is 1. The Morgan fingerprint density at radius 2 is 1.22 bits per heavy atom. The van der Waals surface area contributed by atoms with E-state index in [0.29, 0.717) is 0 Å². The summed E-state index contributed by atoms with van der Waals surface area (Å²) in [4.78, 5) is 0. The molecule has 0 unspecified atom stereocenters. The Hall–Kier alpha value is -0.278. The normalized spacial score (nSPS) is 10.3. The molecule has 6 heteroatoms. The van der Waals surface area contributed by atoms with Gasteiger partial charge in [0, 0.05) is 0 Å². The Morgan fingerprint density at radius 1 is 0.781 bits per heavy atom. The van der Waals surface area contributed by atoms with Crippen LogP contribution in [-0.2, 0) is 18.2 Å². The van der Waals surface area contributed by atoms with E-state index in [1.54, 1.807) is 0 Å². The maximum absolute atomic E-state index is 4.49. The van der Waals surface area contributed by atoms with E-state index >= 15 is 0 Å². The molecule has 2 rings (SSSR count). The van der Waals surface area contributed by atoms with Crippen LogP contribution in [0.25, 0.3) is 0 Å². The molecule has 184 valence electrons. The molecule has 0 bridgehead atoms. The first-order valence-corrected chi connectivity index (χ1v) is 17.9. The second-order valence-electron chi connectivity index (χ2n) is 7.07. The van der Waals surface area contributed by atoms with Gasteiger partial charge in [0.25, 0.3) is 0 Å². The second kappa shape index (κ2) is 25.3. The van der Waals surface area contributed by atoms with Gasteiger partial charge in [0.1, 0.15) is 0 Å². The molecule has 2 aromatic carbocycles. The van der Waals surface area contributed by atoms with E-state index in [1.807, 2.05) is 61.5 Å². The summed E-state index contributed by atoms with van der Waals surface area (Å²) in [7, 11) is 4.76. The van der Waals surface area contributed by atoms with Crippen molar-refractivity contribution in [3.63, 3.8) is 0 Å². The molecule has 0 saturated heterocycles. The zero-order valence-electron chi connectivity index (χ0n) is 21.1. The molecule has 2 aromatic rings. The van der Waals surface area contributed by atoms with Gasteiger partial charge in [0.05, 0.1) is 42.7 Å². The van der Waals surface area contributed by atoms with E-state index in [0.717, 1.165) is 17.0 Å². The summed E-state index contributed by atoms with van der Waals surface area (Å²) in [5.41, 5.74) is 5.92. The summed E-state index contributed by atoms with van der Waals surface area (Å²) in [6.45, 7) is 15.8. The number of hydrogen-bond acceptors (Lipinski definition) is 2. The van der Waals surface area contributed by atoms with Crippen molar-refractivity contribution in [2.75, 3.05) is 42.4 Å². The minimum atomic E-state index is 0.137. The molecule has 0 heterocycles. The standard InChI is InChI=1S/C14H13N2.2C6H15P.ClH.Pd/c1-12(13-8-4-2-5-9-13)15-16-14-10-6-3-7-11-14;2*1-4-7(5-2)6-3;;/h2-8,10-11,16H,1H3;2*4-6H2,1-3H3;1H;/q-1;;;;+2/p+1. The Balaban J connectivity index is 0. The first kappa shape index (κ1) is 33.9. The molecule has 2 nitrogen and oxygen atoms in total. The van der Waals surface area contributed by atoms with Gasteiger partial charge in [0.2, 0.25) is 0 Å². The van der Waals surface area contributed by atoms with E-state index in [2.05, 4.69) is 85.8 Å². The molecule has 0 aliphatic heterocycles. The number of nitrogens with zero attached hydrogens (tertiary/aromatic N) is 1.